The number of likely N-dealkylation sites (tertiary alicyclic amines) is 1. The highest BCUT2D eigenvalue weighted by Gasteiger charge is 2.45. The standard InChI is InChI=1S/C29H30N2O4/c1-20-18-23(35-19-21-10-6-4-7-11-21)14-15-24(20)27(32)25-26(22-12-8-5-9-13-22)31(17-16-30(2)3)29(34)28(25)33/h4-15,18,26,32H,16-17,19H2,1-3H3/b27-25+/t26-/m1/s1. The van der Waals surface area contributed by atoms with Crippen molar-refractivity contribution in [3.63, 3.8) is 0 Å². The molecule has 1 saturated heterocycles. The minimum Gasteiger partial charge on any atom is -0.507 e. The predicted octanol–water partition coefficient (Wildman–Crippen LogP) is 4.56. The van der Waals surface area contributed by atoms with Gasteiger partial charge in [-0.05, 0) is 55.9 Å². The normalized spacial score (nSPS) is 17.3. The van der Waals surface area contributed by atoms with Crippen molar-refractivity contribution in [1.82, 2.24) is 9.80 Å². The van der Waals surface area contributed by atoms with E-state index in [4.69, 9.17) is 4.74 Å². The van der Waals surface area contributed by atoms with E-state index in [9.17, 15) is 14.7 Å². The number of carbonyl (C=O) groups is 2. The van der Waals surface area contributed by atoms with Crippen LogP contribution in [0.25, 0.3) is 5.76 Å². The summed E-state index contributed by atoms with van der Waals surface area (Å²) in [5.41, 5.74) is 3.20. The van der Waals surface area contributed by atoms with Crippen molar-refractivity contribution < 1.29 is 19.4 Å². The predicted molar refractivity (Wildman–Crippen MR) is 136 cm³/mol. The maximum Gasteiger partial charge on any atom is 0.295 e. The van der Waals surface area contributed by atoms with Gasteiger partial charge < -0.3 is 19.6 Å². The Kier molecular flexibility index (Phi) is 7.32. The maximum absolute atomic E-state index is 13.1. The second kappa shape index (κ2) is 10.6. The lowest BCUT2D eigenvalue weighted by Gasteiger charge is -2.26. The molecule has 6 heteroatoms. The third-order valence-corrected chi connectivity index (χ3v) is 6.14. The summed E-state index contributed by atoms with van der Waals surface area (Å²) in [5.74, 6) is -0.771. The van der Waals surface area contributed by atoms with E-state index >= 15 is 0 Å². The molecule has 1 fully saturated rings. The number of aryl methyl sites for hydroxylation is 1. The van der Waals surface area contributed by atoms with E-state index in [0.29, 0.717) is 31.0 Å². The average molecular weight is 471 g/mol. The first-order valence-corrected chi connectivity index (χ1v) is 11.6. The summed E-state index contributed by atoms with van der Waals surface area (Å²) in [4.78, 5) is 29.7. The van der Waals surface area contributed by atoms with Gasteiger partial charge in [0.15, 0.2) is 0 Å². The number of nitrogens with zero attached hydrogens (tertiary/aromatic N) is 2. The molecule has 0 bridgehead atoms. The van der Waals surface area contributed by atoms with Crippen LogP contribution in [-0.4, -0.2) is 53.8 Å². The van der Waals surface area contributed by atoms with Crippen molar-refractivity contribution >= 4 is 17.4 Å². The summed E-state index contributed by atoms with van der Waals surface area (Å²) in [6.07, 6.45) is 0. The molecule has 1 heterocycles. The molecule has 1 aliphatic rings. The number of benzene rings is 3. The van der Waals surface area contributed by atoms with Crippen molar-refractivity contribution in [2.75, 3.05) is 27.2 Å². The number of carbonyl (C=O) groups excluding carboxylic acids is 2. The van der Waals surface area contributed by atoms with Crippen molar-refractivity contribution in [3.8, 4) is 5.75 Å². The highest BCUT2D eigenvalue weighted by molar-refractivity contribution is 6.46. The second-order valence-corrected chi connectivity index (χ2v) is 8.96. The molecule has 1 N–H and O–H groups in total. The van der Waals surface area contributed by atoms with Gasteiger partial charge in [0, 0.05) is 18.7 Å². The third kappa shape index (κ3) is 5.28. The molecule has 1 aliphatic heterocycles. The zero-order valence-electron chi connectivity index (χ0n) is 20.3. The molecule has 35 heavy (non-hydrogen) atoms. The quantitative estimate of drug-likeness (QED) is 0.297. The van der Waals surface area contributed by atoms with Gasteiger partial charge in [-0.1, -0.05) is 60.7 Å². The second-order valence-electron chi connectivity index (χ2n) is 8.96. The summed E-state index contributed by atoms with van der Waals surface area (Å²) >= 11 is 0. The van der Waals surface area contributed by atoms with Gasteiger partial charge in [0.05, 0.1) is 11.6 Å². The number of Topliss-reactive ketones (excluding diaryl/α,β-unsaturated/α-hetero) is 1. The van der Waals surface area contributed by atoms with Crippen LogP contribution in [-0.2, 0) is 16.2 Å². The van der Waals surface area contributed by atoms with E-state index in [1.807, 2.05) is 92.6 Å². The van der Waals surface area contributed by atoms with Crippen LogP contribution in [0.5, 0.6) is 5.75 Å². The molecule has 0 saturated carbocycles. The van der Waals surface area contributed by atoms with E-state index in [2.05, 4.69) is 0 Å². The molecule has 0 spiro atoms. The van der Waals surface area contributed by atoms with E-state index in [-0.39, 0.29) is 11.3 Å². The summed E-state index contributed by atoms with van der Waals surface area (Å²) in [6.45, 7) is 3.25. The Bertz CT molecular complexity index is 1240. The van der Waals surface area contributed by atoms with Crippen LogP contribution >= 0.6 is 0 Å². The molecule has 1 amide bonds. The maximum atomic E-state index is 13.1. The van der Waals surface area contributed by atoms with Gasteiger partial charge >= 0.3 is 0 Å². The number of aliphatic hydroxyl groups excluding tert-OH is 1. The summed E-state index contributed by atoms with van der Waals surface area (Å²) in [6, 6.07) is 23.9. The fourth-order valence-corrected chi connectivity index (χ4v) is 4.28. The number of amides is 1. The van der Waals surface area contributed by atoms with Crippen LogP contribution in [0.1, 0.15) is 28.3 Å². The van der Waals surface area contributed by atoms with Crippen LogP contribution in [0.3, 0.4) is 0 Å². The van der Waals surface area contributed by atoms with Crippen LogP contribution < -0.4 is 4.74 Å². The lowest BCUT2D eigenvalue weighted by molar-refractivity contribution is -0.140. The van der Waals surface area contributed by atoms with E-state index < -0.39 is 17.7 Å². The molecule has 180 valence electrons. The number of ketones is 1. The highest BCUT2D eigenvalue weighted by Crippen LogP contribution is 2.40. The van der Waals surface area contributed by atoms with Crippen molar-refractivity contribution in [2.24, 2.45) is 0 Å². The number of aliphatic hydroxyl groups is 1. The Balaban J connectivity index is 1.68. The molecule has 3 aromatic rings. The lowest BCUT2D eigenvalue weighted by Crippen LogP contribution is -2.35. The van der Waals surface area contributed by atoms with Crippen LogP contribution in [0.2, 0.25) is 0 Å². The van der Waals surface area contributed by atoms with Gasteiger partial charge in [-0.2, -0.15) is 0 Å². The molecule has 0 radical (unpaired) electrons. The SMILES string of the molecule is Cc1cc(OCc2ccccc2)ccc1/C(O)=C1\C(=O)C(=O)N(CCN(C)C)[C@@H]1c1ccccc1. The number of hydrogen-bond acceptors (Lipinski definition) is 5. The number of hydrogen-bond donors (Lipinski definition) is 1. The zero-order valence-corrected chi connectivity index (χ0v) is 20.3. The average Bonchev–Trinajstić information content (AvgIpc) is 3.12. The lowest BCUT2D eigenvalue weighted by atomic mass is 9.94. The highest BCUT2D eigenvalue weighted by atomic mass is 16.5. The Morgan fingerprint density at radius 1 is 0.971 bits per heavy atom. The Morgan fingerprint density at radius 2 is 1.63 bits per heavy atom. The monoisotopic (exact) mass is 470 g/mol. The first-order valence-electron chi connectivity index (χ1n) is 11.6. The van der Waals surface area contributed by atoms with Gasteiger partial charge in [0.1, 0.15) is 18.1 Å². The van der Waals surface area contributed by atoms with E-state index in [0.717, 1.165) is 16.7 Å². The molecule has 6 nitrogen and oxygen atoms in total. The first kappa shape index (κ1) is 24.2. The number of rotatable bonds is 8. The molecule has 1 atom stereocenters. The van der Waals surface area contributed by atoms with Crippen molar-refractivity contribution in [3.05, 3.63) is 107 Å². The Labute approximate surface area is 206 Å². The zero-order chi connectivity index (χ0) is 24.9. The van der Waals surface area contributed by atoms with Gasteiger partial charge in [-0.3, -0.25) is 9.59 Å². The summed E-state index contributed by atoms with van der Waals surface area (Å²) in [5, 5.41) is 11.3. The fourth-order valence-electron chi connectivity index (χ4n) is 4.28. The van der Waals surface area contributed by atoms with Gasteiger partial charge in [0.2, 0.25) is 0 Å². The molecule has 4 rings (SSSR count). The minimum atomic E-state index is -0.668. The molecule has 3 aromatic carbocycles. The van der Waals surface area contributed by atoms with Crippen LogP contribution in [0.15, 0.2) is 84.4 Å². The molecule has 0 aliphatic carbocycles. The smallest absolute Gasteiger partial charge is 0.295 e. The molecule has 0 aromatic heterocycles. The Hall–Kier alpha value is -3.90. The van der Waals surface area contributed by atoms with Gasteiger partial charge in [0.25, 0.3) is 11.7 Å². The minimum absolute atomic E-state index is 0.112. The summed E-state index contributed by atoms with van der Waals surface area (Å²) in [7, 11) is 3.83. The number of likely N-dealkylation sites (N-methyl/N-ethyl adjacent to an activating group) is 1. The largest absolute Gasteiger partial charge is 0.507 e. The van der Waals surface area contributed by atoms with Crippen molar-refractivity contribution in [2.45, 2.75) is 19.6 Å². The molecular formula is C29H30N2O4. The first-order chi connectivity index (χ1) is 16.9. The van der Waals surface area contributed by atoms with Crippen LogP contribution in [0, 0.1) is 6.92 Å². The van der Waals surface area contributed by atoms with Gasteiger partial charge in [-0.15, -0.1) is 0 Å². The third-order valence-electron chi connectivity index (χ3n) is 6.14. The van der Waals surface area contributed by atoms with Crippen LogP contribution in [0.4, 0.5) is 0 Å². The molecular weight excluding hydrogens is 440 g/mol. The molecule has 0 unspecified atom stereocenters. The topological polar surface area (TPSA) is 70.1 Å². The fraction of sp³-hybridized carbons (Fsp3) is 0.241. The number of ether oxygens (including phenoxy) is 1. The van der Waals surface area contributed by atoms with E-state index in [1.54, 1.807) is 17.0 Å². The van der Waals surface area contributed by atoms with Crippen molar-refractivity contribution in [1.29, 1.82) is 0 Å². The van der Waals surface area contributed by atoms with E-state index in [1.165, 1.54) is 0 Å². The summed E-state index contributed by atoms with van der Waals surface area (Å²) < 4.78 is 5.90. The Morgan fingerprint density at radius 3 is 2.26 bits per heavy atom. The van der Waals surface area contributed by atoms with Gasteiger partial charge in [-0.25, -0.2) is 0 Å².